The van der Waals surface area contributed by atoms with Crippen molar-refractivity contribution in [3.05, 3.63) is 38.4 Å². The number of aryl methyl sites for hydroxylation is 2. The quantitative estimate of drug-likeness (QED) is 0.842. The molecule has 0 unspecified atom stereocenters. The standard InChI is InChI=1S/C17H16N2O3S2/c1-10(15(20)19-16-12(9-18)6-7-23-16)22-17(21)14-8-11-4-2-3-5-13(11)24-14/h6-8,10H,2-5H2,1H3,(H,19,20)/t10-/m0/s1. The molecular weight excluding hydrogens is 344 g/mol. The van der Waals surface area contributed by atoms with Crippen molar-refractivity contribution >= 4 is 39.6 Å². The summed E-state index contributed by atoms with van der Waals surface area (Å²) in [4.78, 5) is 26.2. The van der Waals surface area contributed by atoms with Gasteiger partial charge in [-0.05, 0) is 55.7 Å². The molecule has 0 saturated heterocycles. The second-order valence-electron chi connectivity index (χ2n) is 5.58. The molecule has 0 radical (unpaired) electrons. The second-order valence-corrected chi connectivity index (χ2v) is 7.63. The van der Waals surface area contributed by atoms with E-state index in [9.17, 15) is 9.59 Å². The number of thiophene rings is 2. The third-order valence-corrected chi connectivity index (χ3v) is 5.92. The molecule has 2 aromatic heterocycles. The first-order chi connectivity index (χ1) is 11.6. The summed E-state index contributed by atoms with van der Waals surface area (Å²) in [5.74, 6) is -0.910. The second kappa shape index (κ2) is 7.16. The van der Waals surface area contributed by atoms with Gasteiger partial charge >= 0.3 is 5.97 Å². The normalized spacial score (nSPS) is 14.3. The molecule has 1 atom stereocenters. The summed E-state index contributed by atoms with van der Waals surface area (Å²) in [6.07, 6.45) is 3.40. The Morgan fingerprint density at radius 3 is 2.92 bits per heavy atom. The highest BCUT2D eigenvalue weighted by Crippen LogP contribution is 2.30. The van der Waals surface area contributed by atoms with Gasteiger partial charge in [-0.1, -0.05) is 0 Å². The number of amides is 1. The van der Waals surface area contributed by atoms with Gasteiger partial charge < -0.3 is 10.1 Å². The van der Waals surface area contributed by atoms with Gasteiger partial charge in [0.25, 0.3) is 5.91 Å². The number of nitriles is 1. The fourth-order valence-corrected chi connectivity index (χ4v) is 4.45. The monoisotopic (exact) mass is 360 g/mol. The first kappa shape index (κ1) is 16.7. The maximum atomic E-state index is 12.3. The van der Waals surface area contributed by atoms with Gasteiger partial charge in [-0.2, -0.15) is 5.26 Å². The van der Waals surface area contributed by atoms with Crippen LogP contribution in [0.3, 0.4) is 0 Å². The smallest absolute Gasteiger partial charge is 0.349 e. The molecular formula is C17H16N2O3S2. The summed E-state index contributed by atoms with van der Waals surface area (Å²) < 4.78 is 5.28. The number of hydrogen-bond acceptors (Lipinski definition) is 6. The summed E-state index contributed by atoms with van der Waals surface area (Å²) in [6.45, 7) is 1.53. The molecule has 0 saturated carbocycles. The van der Waals surface area contributed by atoms with Gasteiger partial charge in [-0.25, -0.2) is 4.79 Å². The number of carbonyl (C=O) groups is 2. The Morgan fingerprint density at radius 1 is 1.38 bits per heavy atom. The van der Waals surface area contributed by atoms with Crippen LogP contribution in [0.15, 0.2) is 17.5 Å². The van der Waals surface area contributed by atoms with E-state index in [1.54, 1.807) is 11.4 Å². The lowest BCUT2D eigenvalue weighted by Crippen LogP contribution is -2.29. The van der Waals surface area contributed by atoms with Crippen LogP contribution in [-0.4, -0.2) is 18.0 Å². The Balaban J connectivity index is 1.62. The van der Waals surface area contributed by atoms with Crippen LogP contribution in [0.2, 0.25) is 0 Å². The largest absolute Gasteiger partial charge is 0.448 e. The number of anilines is 1. The first-order valence-corrected chi connectivity index (χ1v) is 9.39. The van der Waals surface area contributed by atoms with Crippen LogP contribution in [0, 0.1) is 11.3 Å². The average molecular weight is 360 g/mol. The lowest BCUT2D eigenvalue weighted by molar-refractivity contribution is -0.123. The highest BCUT2D eigenvalue weighted by atomic mass is 32.1. The number of nitrogens with one attached hydrogen (secondary N) is 1. The number of hydrogen-bond donors (Lipinski definition) is 1. The molecule has 0 spiro atoms. The van der Waals surface area contributed by atoms with Gasteiger partial charge in [0.15, 0.2) is 6.10 Å². The number of esters is 1. The highest BCUT2D eigenvalue weighted by molar-refractivity contribution is 7.14. The molecule has 1 N–H and O–H groups in total. The van der Waals surface area contributed by atoms with E-state index in [2.05, 4.69) is 5.32 Å². The molecule has 0 fully saturated rings. The van der Waals surface area contributed by atoms with E-state index in [-0.39, 0.29) is 0 Å². The predicted octanol–water partition coefficient (Wildman–Crippen LogP) is 3.74. The summed E-state index contributed by atoms with van der Waals surface area (Å²) in [5.41, 5.74) is 1.63. The van der Waals surface area contributed by atoms with Gasteiger partial charge in [0.1, 0.15) is 15.9 Å². The fraction of sp³-hybridized carbons (Fsp3) is 0.353. The van der Waals surface area contributed by atoms with E-state index in [1.165, 1.54) is 40.0 Å². The molecule has 1 aliphatic rings. The Hall–Kier alpha value is -2.17. The summed E-state index contributed by atoms with van der Waals surface area (Å²) in [6, 6.07) is 5.52. The van der Waals surface area contributed by atoms with Crippen molar-refractivity contribution in [3.63, 3.8) is 0 Å². The molecule has 0 aromatic carbocycles. The summed E-state index contributed by atoms with van der Waals surface area (Å²) >= 11 is 2.72. The SMILES string of the molecule is C[C@H](OC(=O)c1cc2c(s1)CCCC2)C(=O)Nc1sccc1C#N. The van der Waals surface area contributed by atoms with E-state index in [1.807, 2.05) is 12.1 Å². The number of rotatable bonds is 4. The van der Waals surface area contributed by atoms with Gasteiger partial charge in [0, 0.05) is 4.88 Å². The minimum atomic E-state index is -0.926. The molecule has 2 heterocycles. The molecule has 1 aliphatic carbocycles. The number of ether oxygens (including phenoxy) is 1. The van der Waals surface area contributed by atoms with Crippen LogP contribution in [0.5, 0.6) is 0 Å². The molecule has 1 amide bonds. The van der Waals surface area contributed by atoms with Gasteiger partial charge in [0.2, 0.25) is 0 Å². The molecule has 124 valence electrons. The lowest BCUT2D eigenvalue weighted by atomic mass is 9.99. The molecule has 0 aliphatic heterocycles. The molecule has 0 bridgehead atoms. The zero-order chi connectivity index (χ0) is 17.1. The molecule has 7 heteroatoms. The Kier molecular flexibility index (Phi) is 4.97. The van der Waals surface area contributed by atoms with Gasteiger partial charge in [-0.15, -0.1) is 22.7 Å². The predicted molar refractivity (Wildman–Crippen MR) is 93.5 cm³/mol. The van der Waals surface area contributed by atoms with Crippen LogP contribution in [0.1, 0.15) is 45.4 Å². The number of carbonyl (C=O) groups excluding carboxylic acids is 2. The summed E-state index contributed by atoms with van der Waals surface area (Å²) in [7, 11) is 0. The molecule has 5 nitrogen and oxygen atoms in total. The third kappa shape index (κ3) is 3.50. The maximum absolute atomic E-state index is 12.3. The van der Waals surface area contributed by atoms with Crippen molar-refractivity contribution in [2.75, 3.05) is 5.32 Å². The zero-order valence-electron chi connectivity index (χ0n) is 13.1. The maximum Gasteiger partial charge on any atom is 0.349 e. The van der Waals surface area contributed by atoms with Gasteiger partial charge in [0.05, 0.1) is 5.56 Å². The number of nitrogens with zero attached hydrogens (tertiary/aromatic N) is 1. The van der Waals surface area contributed by atoms with Crippen LogP contribution in [0.4, 0.5) is 5.00 Å². The van der Waals surface area contributed by atoms with E-state index in [4.69, 9.17) is 10.00 Å². The van der Waals surface area contributed by atoms with E-state index < -0.39 is 18.0 Å². The third-order valence-electron chi connectivity index (χ3n) is 3.87. The minimum Gasteiger partial charge on any atom is -0.448 e. The topological polar surface area (TPSA) is 79.2 Å². The van der Waals surface area contributed by atoms with E-state index >= 15 is 0 Å². The van der Waals surface area contributed by atoms with Crippen molar-refractivity contribution < 1.29 is 14.3 Å². The van der Waals surface area contributed by atoms with Crippen LogP contribution in [-0.2, 0) is 22.4 Å². The lowest BCUT2D eigenvalue weighted by Gasteiger charge is -2.12. The van der Waals surface area contributed by atoms with Crippen molar-refractivity contribution in [1.29, 1.82) is 5.26 Å². The van der Waals surface area contributed by atoms with E-state index in [0.29, 0.717) is 15.4 Å². The summed E-state index contributed by atoms with van der Waals surface area (Å²) in [5, 5.41) is 13.8. The minimum absolute atomic E-state index is 0.401. The van der Waals surface area contributed by atoms with Crippen molar-refractivity contribution in [2.24, 2.45) is 0 Å². The van der Waals surface area contributed by atoms with Crippen molar-refractivity contribution in [1.82, 2.24) is 0 Å². The Morgan fingerprint density at radius 2 is 2.17 bits per heavy atom. The molecule has 3 rings (SSSR count). The zero-order valence-corrected chi connectivity index (χ0v) is 14.8. The van der Waals surface area contributed by atoms with Crippen LogP contribution in [0.25, 0.3) is 0 Å². The van der Waals surface area contributed by atoms with Crippen LogP contribution < -0.4 is 5.32 Å². The first-order valence-electron chi connectivity index (χ1n) is 7.69. The highest BCUT2D eigenvalue weighted by Gasteiger charge is 2.23. The van der Waals surface area contributed by atoms with Crippen molar-refractivity contribution in [3.8, 4) is 6.07 Å². The Bertz CT molecular complexity index is 793. The van der Waals surface area contributed by atoms with Gasteiger partial charge in [-0.3, -0.25) is 4.79 Å². The average Bonchev–Trinajstić information content (AvgIpc) is 3.20. The molecule has 2 aromatic rings. The fourth-order valence-electron chi connectivity index (χ4n) is 2.57. The molecule has 24 heavy (non-hydrogen) atoms. The van der Waals surface area contributed by atoms with Crippen LogP contribution >= 0.6 is 22.7 Å². The van der Waals surface area contributed by atoms with E-state index in [0.717, 1.165) is 25.7 Å². The van der Waals surface area contributed by atoms with Crippen molar-refractivity contribution in [2.45, 2.75) is 38.7 Å². The number of fused-ring (bicyclic) bond motifs is 1. The Labute approximate surface area is 147 Å².